The molecule has 17 heavy (non-hydrogen) atoms. The number of aliphatic hydroxyl groups excluding tert-OH is 1. The van der Waals surface area contributed by atoms with E-state index in [1.54, 1.807) is 6.20 Å². The summed E-state index contributed by atoms with van der Waals surface area (Å²) in [5.74, 6) is -0.299. The second kappa shape index (κ2) is 6.51. The van der Waals surface area contributed by atoms with Crippen LogP contribution in [0.5, 0.6) is 5.75 Å². The molecule has 0 spiro atoms. The predicted octanol–water partition coefficient (Wildman–Crippen LogP) is -0.0551. The zero-order valence-corrected chi connectivity index (χ0v) is 9.04. The van der Waals surface area contributed by atoms with Crippen LogP contribution in [0.3, 0.4) is 0 Å². The lowest BCUT2D eigenvalue weighted by molar-refractivity contribution is -0.139. The molecule has 0 radical (unpaired) electrons. The van der Waals surface area contributed by atoms with Crippen LogP contribution in [0.4, 0.5) is 0 Å². The summed E-state index contributed by atoms with van der Waals surface area (Å²) in [5.41, 5.74) is 8.54. The molecule has 0 fully saturated rings. The Balaban J connectivity index is 0.000000185. The van der Waals surface area contributed by atoms with Crippen LogP contribution >= 0.6 is 0 Å². The van der Waals surface area contributed by atoms with Crippen LogP contribution in [-0.2, 0) is 4.79 Å². The van der Waals surface area contributed by atoms with Gasteiger partial charge in [-0.1, -0.05) is 18.2 Å². The van der Waals surface area contributed by atoms with E-state index < -0.39 is 18.6 Å². The fourth-order valence-corrected chi connectivity index (χ4v) is 1.01. The first-order valence-electron chi connectivity index (χ1n) is 4.92. The van der Waals surface area contributed by atoms with Crippen LogP contribution in [0.15, 0.2) is 30.5 Å². The standard InChI is InChI=1S/C8H7NO.C3H7NO3/c1-2-4-8-7(3-1)5-6-9-10-8;4-2(1-5)3(6)7/h1-6,9H;2,5H,1,4H2,(H,6,7). The molecule has 6 heteroatoms. The number of hydroxylamine groups is 1. The summed E-state index contributed by atoms with van der Waals surface area (Å²) < 4.78 is 0. The molecular weight excluding hydrogens is 224 g/mol. The van der Waals surface area contributed by atoms with Crippen LogP contribution in [0.25, 0.3) is 6.08 Å². The van der Waals surface area contributed by atoms with E-state index in [1.165, 1.54) is 0 Å². The summed E-state index contributed by atoms with van der Waals surface area (Å²) in [6, 6.07) is 6.73. The van der Waals surface area contributed by atoms with Crippen molar-refractivity contribution >= 4 is 12.0 Å². The number of benzene rings is 1. The normalized spacial score (nSPS) is 13.3. The Morgan fingerprint density at radius 2 is 2.18 bits per heavy atom. The molecule has 0 saturated heterocycles. The molecule has 5 N–H and O–H groups in total. The number of para-hydroxylation sites is 1. The van der Waals surface area contributed by atoms with Crippen LogP contribution in [0, 0.1) is 0 Å². The number of carboxylic acid groups (broad SMARTS) is 1. The van der Waals surface area contributed by atoms with Crippen molar-refractivity contribution in [3.63, 3.8) is 0 Å². The topological polar surface area (TPSA) is 105 Å². The smallest absolute Gasteiger partial charge is 0.322 e. The predicted molar refractivity (Wildman–Crippen MR) is 61.9 cm³/mol. The lowest BCUT2D eigenvalue weighted by Gasteiger charge is -2.11. The van der Waals surface area contributed by atoms with Gasteiger partial charge in [0, 0.05) is 11.8 Å². The summed E-state index contributed by atoms with van der Waals surface area (Å²) in [5, 5.41) is 15.9. The van der Waals surface area contributed by atoms with Gasteiger partial charge in [0.05, 0.1) is 6.61 Å². The number of nitrogens with two attached hydrogens (primary N) is 1. The molecule has 1 atom stereocenters. The molecule has 0 amide bonds. The maximum atomic E-state index is 9.65. The van der Waals surface area contributed by atoms with E-state index in [0.717, 1.165) is 11.3 Å². The zero-order chi connectivity index (χ0) is 12.7. The highest BCUT2D eigenvalue weighted by Gasteiger charge is 2.07. The molecule has 1 aliphatic rings. The van der Waals surface area contributed by atoms with E-state index in [9.17, 15) is 4.79 Å². The van der Waals surface area contributed by atoms with Crippen molar-refractivity contribution in [1.29, 1.82) is 0 Å². The number of fused-ring (bicyclic) bond motifs is 1. The van der Waals surface area contributed by atoms with Crippen molar-refractivity contribution in [2.45, 2.75) is 6.04 Å². The molecule has 0 saturated carbocycles. The van der Waals surface area contributed by atoms with E-state index >= 15 is 0 Å². The molecule has 1 aromatic carbocycles. The number of hydrogen-bond donors (Lipinski definition) is 4. The van der Waals surface area contributed by atoms with Crippen molar-refractivity contribution in [3.05, 3.63) is 36.0 Å². The van der Waals surface area contributed by atoms with Crippen molar-refractivity contribution < 1.29 is 19.8 Å². The Kier molecular flexibility index (Phi) is 4.99. The fraction of sp³-hybridized carbons (Fsp3) is 0.182. The van der Waals surface area contributed by atoms with Crippen molar-refractivity contribution in [1.82, 2.24) is 5.48 Å². The maximum absolute atomic E-state index is 9.65. The number of hydrogen-bond acceptors (Lipinski definition) is 5. The van der Waals surface area contributed by atoms with Crippen LogP contribution in [0.2, 0.25) is 0 Å². The van der Waals surface area contributed by atoms with Crippen molar-refractivity contribution in [2.75, 3.05) is 6.61 Å². The fourth-order valence-electron chi connectivity index (χ4n) is 1.01. The Labute approximate surface area is 98.3 Å². The van der Waals surface area contributed by atoms with E-state index in [-0.39, 0.29) is 0 Å². The number of carbonyl (C=O) groups is 1. The quantitative estimate of drug-likeness (QED) is 0.575. The Hall–Kier alpha value is -2.05. The van der Waals surface area contributed by atoms with Crippen LogP contribution < -0.4 is 16.1 Å². The first kappa shape index (κ1) is 13.0. The average Bonchev–Trinajstić information content (AvgIpc) is 2.38. The number of nitrogens with one attached hydrogen (secondary N) is 1. The summed E-state index contributed by atoms with van der Waals surface area (Å²) in [7, 11) is 0. The van der Waals surface area contributed by atoms with E-state index in [0.29, 0.717) is 0 Å². The Morgan fingerprint density at radius 3 is 2.71 bits per heavy atom. The van der Waals surface area contributed by atoms with Gasteiger partial charge in [0.2, 0.25) is 0 Å². The van der Waals surface area contributed by atoms with Gasteiger partial charge in [-0.15, -0.1) is 0 Å². The van der Waals surface area contributed by atoms with E-state index in [2.05, 4.69) is 5.48 Å². The zero-order valence-electron chi connectivity index (χ0n) is 9.04. The van der Waals surface area contributed by atoms with Crippen LogP contribution in [0.1, 0.15) is 5.56 Å². The molecule has 0 bridgehead atoms. The maximum Gasteiger partial charge on any atom is 0.322 e. The molecule has 1 aromatic rings. The highest BCUT2D eigenvalue weighted by Crippen LogP contribution is 2.20. The molecule has 1 heterocycles. The molecule has 92 valence electrons. The molecule has 6 nitrogen and oxygen atoms in total. The SMILES string of the molecule is C1=Cc2ccccc2ON1.NC(CO)C(=O)O. The lowest BCUT2D eigenvalue weighted by atomic mass is 10.2. The van der Waals surface area contributed by atoms with Crippen LogP contribution in [-0.4, -0.2) is 28.8 Å². The monoisotopic (exact) mass is 238 g/mol. The Bertz CT molecular complexity index is 406. The van der Waals surface area contributed by atoms with Gasteiger partial charge < -0.3 is 20.8 Å². The lowest BCUT2D eigenvalue weighted by Crippen LogP contribution is -2.33. The highest BCUT2D eigenvalue weighted by molar-refractivity contribution is 5.73. The highest BCUT2D eigenvalue weighted by atomic mass is 16.6. The second-order valence-corrected chi connectivity index (χ2v) is 3.22. The Morgan fingerprint density at radius 1 is 1.47 bits per heavy atom. The molecule has 1 unspecified atom stereocenters. The van der Waals surface area contributed by atoms with Gasteiger partial charge in [-0.25, -0.2) is 5.48 Å². The average molecular weight is 238 g/mol. The third-order valence-electron chi connectivity index (χ3n) is 1.93. The van der Waals surface area contributed by atoms with Crippen molar-refractivity contribution in [3.8, 4) is 5.75 Å². The largest absolute Gasteiger partial charge is 0.480 e. The van der Waals surface area contributed by atoms with Gasteiger partial charge in [0.1, 0.15) is 6.04 Å². The first-order chi connectivity index (χ1) is 8.15. The third-order valence-corrected chi connectivity index (χ3v) is 1.93. The molecule has 0 aromatic heterocycles. The van der Waals surface area contributed by atoms with Gasteiger partial charge in [0.15, 0.2) is 5.75 Å². The molecular formula is C11H14N2O4. The minimum Gasteiger partial charge on any atom is -0.480 e. The number of aliphatic carboxylic acids is 1. The summed E-state index contributed by atoms with van der Waals surface area (Å²) in [6.07, 6.45) is 3.74. The van der Waals surface area contributed by atoms with Gasteiger partial charge in [-0.05, 0) is 12.1 Å². The van der Waals surface area contributed by atoms with Gasteiger partial charge in [0.25, 0.3) is 0 Å². The van der Waals surface area contributed by atoms with E-state index in [4.69, 9.17) is 20.8 Å². The third kappa shape index (κ3) is 4.13. The van der Waals surface area contributed by atoms with Gasteiger partial charge in [-0.3, -0.25) is 4.79 Å². The molecule has 2 rings (SSSR count). The van der Waals surface area contributed by atoms with Crippen molar-refractivity contribution in [2.24, 2.45) is 5.73 Å². The number of aliphatic hydroxyl groups is 1. The second-order valence-electron chi connectivity index (χ2n) is 3.22. The minimum atomic E-state index is -1.18. The van der Waals surface area contributed by atoms with Gasteiger partial charge >= 0.3 is 5.97 Å². The van der Waals surface area contributed by atoms with Gasteiger partial charge in [-0.2, -0.15) is 0 Å². The number of carboxylic acids is 1. The minimum absolute atomic E-state index is 0.505. The van der Waals surface area contributed by atoms with E-state index in [1.807, 2.05) is 30.3 Å². The molecule has 0 aliphatic carbocycles. The summed E-state index contributed by atoms with van der Waals surface area (Å²) >= 11 is 0. The molecule has 1 aliphatic heterocycles. The number of rotatable bonds is 2. The summed E-state index contributed by atoms with van der Waals surface area (Å²) in [4.78, 5) is 14.7. The first-order valence-corrected chi connectivity index (χ1v) is 4.92. The summed E-state index contributed by atoms with van der Waals surface area (Å²) in [6.45, 7) is -0.505.